The van der Waals surface area contributed by atoms with Gasteiger partial charge in [-0.3, -0.25) is 4.90 Å². The van der Waals surface area contributed by atoms with Crippen molar-refractivity contribution in [3.8, 4) is 11.8 Å². The number of esters is 2. The molecule has 11 nitrogen and oxygen atoms in total. The summed E-state index contributed by atoms with van der Waals surface area (Å²) in [6.45, 7) is 6.35. The Morgan fingerprint density at radius 2 is 1.70 bits per heavy atom. The first-order valence-electron chi connectivity index (χ1n) is 13.9. The molecule has 2 N–H and O–H groups in total. The Hall–Kier alpha value is -4.98. The van der Waals surface area contributed by atoms with Gasteiger partial charge in [-0.2, -0.15) is 5.26 Å². The summed E-state index contributed by atoms with van der Waals surface area (Å²) in [5.41, 5.74) is 6.73. The highest BCUT2D eigenvalue weighted by atomic mass is 16.6. The predicted octanol–water partition coefficient (Wildman–Crippen LogP) is 4.36. The molecule has 226 valence electrons. The summed E-state index contributed by atoms with van der Waals surface area (Å²) in [6.07, 6.45) is 0.729. The normalized spacial score (nSPS) is 19.0. The molecule has 1 saturated heterocycles. The lowest BCUT2D eigenvalue weighted by molar-refractivity contribution is -0.139. The van der Waals surface area contributed by atoms with Crippen molar-refractivity contribution in [1.29, 1.82) is 5.26 Å². The fraction of sp³-hybridized carbons (Fsp3) is 0.375. The fourth-order valence-electron chi connectivity index (χ4n) is 5.20. The zero-order chi connectivity index (χ0) is 31.3. The molecule has 2 aromatic carbocycles. The van der Waals surface area contributed by atoms with Crippen molar-refractivity contribution in [3.63, 3.8) is 0 Å². The van der Waals surface area contributed by atoms with E-state index >= 15 is 0 Å². The summed E-state index contributed by atoms with van der Waals surface area (Å²) >= 11 is 0. The van der Waals surface area contributed by atoms with E-state index in [4.69, 9.17) is 24.7 Å². The lowest BCUT2D eigenvalue weighted by atomic mass is 9.81. The van der Waals surface area contributed by atoms with Gasteiger partial charge in [0.1, 0.15) is 29.0 Å². The number of methoxy groups -OCH3 is 2. The number of hydrogen-bond acceptors (Lipinski definition) is 10. The first-order valence-corrected chi connectivity index (χ1v) is 13.9. The molecule has 11 heteroatoms. The van der Waals surface area contributed by atoms with Crippen LogP contribution in [0.2, 0.25) is 0 Å². The van der Waals surface area contributed by atoms with Crippen LogP contribution in [-0.4, -0.2) is 61.9 Å². The number of carbonyl (C=O) groups is 3. The first kappa shape index (κ1) is 31.0. The molecule has 0 saturated carbocycles. The van der Waals surface area contributed by atoms with E-state index in [0.29, 0.717) is 36.5 Å². The van der Waals surface area contributed by atoms with Gasteiger partial charge in [-0.15, -0.1) is 0 Å². The number of likely N-dealkylation sites (tertiary alicyclic amines) is 1. The zero-order valence-electron chi connectivity index (χ0n) is 25.0. The summed E-state index contributed by atoms with van der Waals surface area (Å²) in [7, 11) is 2.39. The van der Waals surface area contributed by atoms with Crippen molar-refractivity contribution in [2.24, 2.45) is 5.73 Å². The van der Waals surface area contributed by atoms with Crippen LogP contribution in [0, 0.1) is 11.3 Å². The van der Waals surface area contributed by atoms with Crippen LogP contribution < -0.4 is 15.4 Å². The number of anilines is 1. The number of nitriles is 1. The molecule has 1 fully saturated rings. The van der Waals surface area contributed by atoms with E-state index in [1.807, 2.05) is 20.8 Å². The molecule has 43 heavy (non-hydrogen) atoms. The number of piperidine rings is 1. The van der Waals surface area contributed by atoms with Crippen LogP contribution >= 0.6 is 0 Å². The number of rotatable bonds is 6. The Balaban J connectivity index is 1.74. The highest BCUT2D eigenvalue weighted by Crippen LogP contribution is 2.43. The van der Waals surface area contributed by atoms with Crippen LogP contribution in [0.3, 0.4) is 0 Å². The minimum atomic E-state index is -0.968. The van der Waals surface area contributed by atoms with E-state index in [-0.39, 0.29) is 28.8 Å². The maximum absolute atomic E-state index is 13.3. The van der Waals surface area contributed by atoms with Gasteiger partial charge in [0.2, 0.25) is 0 Å². The van der Waals surface area contributed by atoms with Gasteiger partial charge >= 0.3 is 18.0 Å². The molecule has 2 unspecified atom stereocenters. The predicted molar refractivity (Wildman–Crippen MR) is 157 cm³/mol. The van der Waals surface area contributed by atoms with Gasteiger partial charge in [0.05, 0.1) is 49.6 Å². The Labute approximate surface area is 251 Å². The van der Waals surface area contributed by atoms with Crippen molar-refractivity contribution < 1.29 is 33.3 Å². The summed E-state index contributed by atoms with van der Waals surface area (Å²) in [6, 6.07) is 17.7. The number of amides is 1. The number of nitrogens with zero attached hydrogens (tertiary/aromatic N) is 3. The lowest BCUT2D eigenvalue weighted by Gasteiger charge is -2.36. The molecular weight excluding hydrogens is 552 g/mol. The third-order valence-corrected chi connectivity index (χ3v) is 7.02. The number of nitrogens with two attached hydrogens (primary N) is 1. The maximum Gasteiger partial charge on any atom is 0.410 e. The molecule has 4 rings (SSSR count). The second-order valence-corrected chi connectivity index (χ2v) is 11.1. The smallest absolute Gasteiger partial charge is 0.410 e. The largest absolute Gasteiger partial charge is 0.489 e. The van der Waals surface area contributed by atoms with E-state index in [2.05, 4.69) is 6.07 Å². The van der Waals surface area contributed by atoms with Crippen LogP contribution in [0.15, 0.2) is 77.3 Å². The highest BCUT2D eigenvalue weighted by molar-refractivity contribution is 6.06. The maximum atomic E-state index is 13.3. The average molecular weight is 589 g/mol. The number of carbonyl (C=O) groups excluding carboxylic acids is 3. The third kappa shape index (κ3) is 6.75. The van der Waals surface area contributed by atoms with Crippen molar-refractivity contribution in [1.82, 2.24) is 4.90 Å². The first-order chi connectivity index (χ1) is 20.5. The molecule has 0 radical (unpaired) electrons. The average Bonchev–Trinajstić information content (AvgIpc) is 2.99. The molecule has 2 heterocycles. The number of ether oxygens (including phenoxy) is 4. The molecular formula is C32H36N4O7. The number of allylic oxidation sites excluding steroid dienone is 1. The summed E-state index contributed by atoms with van der Waals surface area (Å²) in [5.74, 6) is -2.22. The summed E-state index contributed by atoms with van der Waals surface area (Å²) in [4.78, 5) is 42.2. The Morgan fingerprint density at radius 3 is 2.33 bits per heavy atom. The number of hydrogen-bond donors (Lipinski definition) is 1. The minimum absolute atomic E-state index is 0.0460. The zero-order valence-corrected chi connectivity index (χ0v) is 25.0. The number of benzene rings is 2. The van der Waals surface area contributed by atoms with E-state index in [9.17, 15) is 19.6 Å². The second-order valence-electron chi connectivity index (χ2n) is 11.1. The molecule has 0 aromatic heterocycles. The quantitative estimate of drug-likeness (QED) is 0.382. The summed E-state index contributed by atoms with van der Waals surface area (Å²) < 4.78 is 22.0. The topological polar surface area (TPSA) is 144 Å². The van der Waals surface area contributed by atoms with Crippen LogP contribution in [-0.2, 0) is 23.8 Å². The molecule has 0 bridgehead atoms. The van der Waals surface area contributed by atoms with Gasteiger partial charge in [-0.05, 0) is 51.3 Å². The molecule has 2 aliphatic heterocycles. The molecule has 1 amide bonds. The van der Waals surface area contributed by atoms with Crippen LogP contribution in [0.1, 0.15) is 45.1 Å². The molecule has 2 atom stereocenters. The fourth-order valence-corrected chi connectivity index (χ4v) is 5.20. The monoisotopic (exact) mass is 588 g/mol. The van der Waals surface area contributed by atoms with Crippen molar-refractivity contribution in [3.05, 3.63) is 82.8 Å². The van der Waals surface area contributed by atoms with Gasteiger partial charge < -0.3 is 29.6 Å². The van der Waals surface area contributed by atoms with E-state index in [1.165, 1.54) is 19.1 Å². The van der Waals surface area contributed by atoms with Gasteiger partial charge in [-0.25, -0.2) is 14.4 Å². The molecule has 2 aromatic rings. The van der Waals surface area contributed by atoms with Crippen LogP contribution in [0.4, 0.5) is 10.5 Å². The van der Waals surface area contributed by atoms with Gasteiger partial charge in [-0.1, -0.05) is 36.4 Å². The Bertz CT molecular complexity index is 1490. The SMILES string of the molecule is COC(=O)C1=C(C(=O)OC)N(c2cccc(OC3CCCN(C(=O)OC(C)(C)C)C3)c2)C(N)=C(C#N)C1c1ccccc1. The van der Waals surface area contributed by atoms with Crippen LogP contribution in [0.5, 0.6) is 5.75 Å². The Kier molecular flexibility index (Phi) is 9.29. The standard InChI is InChI=1S/C32H36N4O7/c1-32(2,3)43-31(39)35-16-10-15-23(19-35)42-22-14-9-13-21(17-22)36-27(30(38)41-5)26(29(37)40-4)25(24(18-33)28(36)34)20-11-7-6-8-12-20/h6-9,11-14,17,23,25H,10,15-16,19,34H2,1-5H3. The minimum Gasteiger partial charge on any atom is -0.489 e. The Morgan fingerprint density at radius 1 is 1.00 bits per heavy atom. The van der Waals surface area contributed by atoms with Crippen molar-refractivity contribution >= 4 is 23.7 Å². The lowest BCUT2D eigenvalue weighted by Crippen LogP contribution is -2.46. The second kappa shape index (κ2) is 12.9. The molecule has 2 aliphatic rings. The van der Waals surface area contributed by atoms with E-state index < -0.39 is 29.6 Å². The van der Waals surface area contributed by atoms with Crippen molar-refractivity contribution in [2.75, 3.05) is 32.2 Å². The highest BCUT2D eigenvalue weighted by Gasteiger charge is 2.43. The van der Waals surface area contributed by atoms with E-state index in [0.717, 1.165) is 6.42 Å². The van der Waals surface area contributed by atoms with Crippen molar-refractivity contribution in [2.45, 2.75) is 51.2 Å². The third-order valence-electron chi connectivity index (χ3n) is 7.02. The van der Waals surface area contributed by atoms with Crippen LogP contribution in [0.25, 0.3) is 0 Å². The summed E-state index contributed by atoms with van der Waals surface area (Å²) in [5, 5.41) is 10.3. The van der Waals surface area contributed by atoms with Gasteiger partial charge in [0.15, 0.2) is 0 Å². The van der Waals surface area contributed by atoms with Gasteiger partial charge in [0.25, 0.3) is 0 Å². The van der Waals surface area contributed by atoms with E-state index in [1.54, 1.807) is 59.5 Å². The molecule has 0 spiro atoms. The molecule has 0 aliphatic carbocycles. The van der Waals surface area contributed by atoms with Gasteiger partial charge in [0, 0.05) is 12.6 Å².